The molecule has 1 heterocycles. The maximum absolute atomic E-state index is 11.1. The summed E-state index contributed by atoms with van der Waals surface area (Å²) in [5, 5.41) is 26.1. The molecule has 3 N–H and O–H groups in total. The van der Waals surface area contributed by atoms with Gasteiger partial charge in [0.1, 0.15) is 0 Å². The van der Waals surface area contributed by atoms with Gasteiger partial charge >= 0.3 is 0 Å². The first-order valence-corrected chi connectivity index (χ1v) is 12.4. The fourth-order valence-electron chi connectivity index (χ4n) is 5.36. The molecule has 4 nitrogen and oxygen atoms in total. The molecule has 0 bridgehead atoms. The number of aromatic nitrogens is 1. The Balaban J connectivity index is 1.57. The van der Waals surface area contributed by atoms with E-state index in [2.05, 4.69) is 83.5 Å². The molecule has 5 rings (SSSR count). The highest BCUT2D eigenvalue weighted by atomic mass is 16.3. The van der Waals surface area contributed by atoms with E-state index >= 15 is 0 Å². The first-order chi connectivity index (χ1) is 16.6. The van der Waals surface area contributed by atoms with Crippen LogP contribution in [-0.4, -0.2) is 39.6 Å². The summed E-state index contributed by atoms with van der Waals surface area (Å²) in [6.07, 6.45) is 3.13. The number of nitrogens with zero attached hydrogens (tertiary/aromatic N) is 1. The van der Waals surface area contributed by atoms with Crippen LogP contribution in [0, 0.1) is 6.92 Å². The minimum absolute atomic E-state index is 0.0703. The first kappa shape index (κ1) is 22.9. The molecular formula is C30H34N2O2. The Morgan fingerprint density at radius 2 is 1.59 bits per heavy atom. The number of fused-ring (bicyclic) bond motifs is 1. The van der Waals surface area contributed by atoms with Crippen LogP contribution in [0.3, 0.4) is 0 Å². The van der Waals surface area contributed by atoms with Crippen molar-refractivity contribution in [2.45, 2.75) is 57.4 Å². The number of hydrogen-bond acceptors (Lipinski definition) is 3. The van der Waals surface area contributed by atoms with Crippen LogP contribution in [0.25, 0.3) is 33.3 Å². The average Bonchev–Trinajstić information content (AvgIpc) is 3.17. The summed E-state index contributed by atoms with van der Waals surface area (Å²) in [7, 11) is 0. The van der Waals surface area contributed by atoms with Crippen molar-refractivity contribution in [2.75, 3.05) is 6.54 Å². The fraction of sp³-hybridized carbons (Fsp3) is 0.333. The van der Waals surface area contributed by atoms with Crippen molar-refractivity contribution in [3.05, 3.63) is 84.4 Å². The van der Waals surface area contributed by atoms with Gasteiger partial charge < -0.3 is 20.1 Å². The molecule has 4 aromatic rings. The van der Waals surface area contributed by atoms with Gasteiger partial charge in [-0.15, -0.1) is 0 Å². The molecule has 176 valence electrons. The number of aliphatic hydroxyl groups excluding tert-OH is 2. The normalized spacial score (nSPS) is 19.4. The van der Waals surface area contributed by atoms with Crippen LogP contribution in [-0.2, 0) is 6.54 Å². The lowest BCUT2D eigenvalue weighted by Gasteiger charge is -2.29. The van der Waals surface area contributed by atoms with Crippen LogP contribution in [0.5, 0.6) is 0 Å². The smallest absolute Gasteiger partial charge is 0.0843 e. The van der Waals surface area contributed by atoms with Crippen LogP contribution in [0.4, 0.5) is 0 Å². The number of rotatable bonds is 7. The maximum atomic E-state index is 11.1. The lowest BCUT2D eigenvalue weighted by molar-refractivity contribution is 0.0773. The molecule has 34 heavy (non-hydrogen) atoms. The van der Waals surface area contributed by atoms with Crippen molar-refractivity contribution in [3.63, 3.8) is 0 Å². The van der Waals surface area contributed by atoms with Gasteiger partial charge in [0.15, 0.2) is 0 Å². The molecule has 0 aliphatic heterocycles. The largest absolute Gasteiger partial charge is 0.392 e. The molecule has 3 atom stereocenters. The molecule has 1 aliphatic rings. The summed E-state index contributed by atoms with van der Waals surface area (Å²) in [4.78, 5) is 0. The predicted molar refractivity (Wildman–Crippen MR) is 140 cm³/mol. The molecule has 1 saturated carbocycles. The average molecular weight is 455 g/mol. The van der Waals surface area contributed by atoms with E-state index in [0.29, 0.717) is 13.1 Å². The SMILES string of the molecule is Cc1ccc2c(c1)c(-c1ccccc1)c(-c1ccccc1)n2CC(O)CNC1CCCCC1O. The van der Waals surface area contributed by atoms with Gasteiger partial charge in [0.2, 0.25) is 0 Å². The number of nitrogens with one attached hydrogen (secondary N) is 1. The zero-order chi connectivity index (χ0) is 23.5. The van der Waals surface area contributed by atoms with Crippen LogP contribution in [0.15, 0.2) is 78.9 Å². The standard InChI is InChI=1S/C30H34N2O2/c1-21-16-17-27-25(18-21)29(22-10-4-2-5-11-22)30(23-12-6-3-7-13-23)32(27)20-24(33)19-31-26-14-8-9-15-28(26)34/h2-7,10-13,16-18,24,26,28,31,33-34H,8-9,14-15,19-20H2,1H3. The highest BCUT2D eigenvalue weighted by Gasteiger charge is 2.25. The molecule has 1 fully saturated rings. The topological polar surface area (TPSA) is 57.4 Å². The van der Waals surface area contributed by atoms with Gasteiger partial charge in [-0.3, -0.25) is 0 Å². The summed E-state index contributed by atoms with van der Waals surface area (Å²) in [6.45, 7) is 3.07. The predicted octanol–water partition coefficient (Wildman–Crippen LogP) is 5.54. The monoisotopic (exact) mass is 454 g/mol. The highest BCUT2D eigenvalue weighted by Crippen LogP contribution is 2.41. The van der Waals surface area contributed by atoms with Gasteiger partial charge in [-0.1, -0.05) is 85.1 Å². The van der Waals surface area contributed by atoms with E-state index in [1.165, 1.54) is 22.1 Å². The van der Waals surface area contributed by atoms with E-state index in [4.69, 9.17) is 0 Å². The summed E-state index contributed by atoms with van der Waals surface area (Å²) in [5.41, 5.74) is 6.99. The Morgan fingerprint density at radius 3 is 2.29 bits per heavy atom. The van der Waals surface area contributed by atoms with Crippen molar-refractivity contribution in [2.24, 2.45) is 0 Å². The van der Waals surface area contributed by atoms with Crippen molar-refractivity contribution in [3.8, 4) is 22.4 Å². The number of hydrogen-bond donors (Lipinski definition) is 3. The zero-order valence-electron chi connectivity index (χ0n) is 19.8. The Hall–Kier alpha value is -2.92. The lowest BCUT2D eigenvalue weighted by Crippen LogP contribution is -2.45. The molecule has 0 radical (unpaired) electrons. The maximum Gasteiger partial charge on any atom is 0.0843 e. The van der Waals surface area contributed by atoms with Crippen molar-refractivity contribution in [1.82, 2.24) is 9.88 Å². The van der Waals surface area contributed by atoms with Crippen LogP contribution < -0.4 is 5.32 Å². The Bertz CT molecular complexity index is 1230. The van der Waals surface area contributed by atoms with Gasteiger partial charge in [0, 0.05) is 29.1 Å². The third-order valence-corrected chi connectivity index (χ3v) is 7.07. The Kier molecular flexibility index (Phi) is 6.82. The number of aliphatic hydroxyl groups is 2. The van der Waals surface area contributed by atoms with Crippen LogP contribution in [0.1, 0.15) is 31.2 Å². The fourth-order valence-corrected chi connectivity index (χ4v) is 5.36. The Labute approximate surface area is 201 Å². The van der Waals surface area contributed by atoms with E-state index in [9.17, 15) is 10.2 Å². The second-order valence-corrected chi connectivity index (χ2v) is 9.61. The van der Waals surface area contributed by atoms with Gasteiger partial charge in [-0.25, -0.2) is 0 Å². The molecule has 0 spiro atoms. The number of benzene rings is 3. The van der Waals surface area contributed by atoms with Crippen LogP contribution in [0.2, 0.25) is 0 Å². The first-order valence-electron chi connectivity index (χ1n) is 12.4. The number of aryl methyl sites for hydroxylation is 1. The molecule has 0 saturated heterocycles. The van der Waals surface area contributed by atoms with Crippen molar-refractivity contribution < 1.29 is 10.2 Å². The minimum Gasteiger partial charge on any atom is -0.392 e. The van der Waals surface area contributed by atoms with Gasteiger partial charge in [0.25, 0.3) is 0 Å². The summed E-state index contributed by atoms with van der Waals surface area (Å²) >= 11 is 0. The quantitative estimate of drug-likeness (QED) is 0.344. The molecule has 0 amide bonds. The zero-order valence-corrected chi connectivity index (χ0v) is 19.8. The van der Waals surface area contributed by atoms with Gasteiger partial charge in [-0.2, -0.15) is 0 Å². The molecule has 3 unspecified atom stereocenters. The second-order valence-electron chi connectivity index (χ2n) is 9.61. The van der Waals surface area contributed by atoms with Gasteiger partial charge in [0.05, 0.1) is 24.4 Å². The third kappa shape index (κ3) is 4.67. The third-order valence-electron chi connectivity index (χ3n) is 7.07. The molecule has 1 aromatic heterocycles. The summed E-state index contributed by atoms with van der Waals surface area (Å²) in [6, 6.07) is 27.6. The van der Waals surface area contributed by atoms with Gasteiger partial charge in [-0.05, 0) is 43.0 Å². The molecule has 3 aromatic carbocycles. The summed E-state index contributed by atoms with van der Waals surface area (Å²) < 4.78 is 2.27. The van der Waals surface area contributed by atoms with Crippen LogP contribution >= 0.6 is 0 Å². The highest BCUT2D eigenvalue weighted by molar-refractivity contribution is 6.04. The molecule has 1 aliphatic carbocycles. The van der Waals surface area contributed by atoms with E-state index in [1.807, 2.05) is 12.1 Å². The Morgan fingerprint density at radius 1 is 0.912 bits per heavy atom. The molecular weight excluding hydrogens is 420 g/mol. The van der Waals surface area contributed by atoms with E-state index < -0.39 is 6.10 Å². The van der Waals surface area contributed by atoms with Crippen molar-refractivity contribution in [1.29, 1.82) is 0 Å². The molecule has 4 heteroatoms. The van der Waals surface area contributed by atoms with E-state index in [1.54, 1.807) is 0 Å². The summed E-state index contributed by atoms with van der Waals surface area (Å²) in [5.74, 6) is 0. The lowest BCUT2D eigenvalue weighted by atomic mass is 9.92. The van der Waals surface area contributed by atoms with E-state index in [0.717, 1.165) is 42.5 Å². The van der Waals surface area contributed by atoms with E-state index in [-0.39, 0.29) is 12.1 Å². The second kappa shape index (κ2) is 10.1. The van der Waals surface area contributed by atoms with Crippen molar-refractivity contribution >= 4 is 10.9 Å². The minimum atomic E-state index is -0.572.